The van der Waals surface area contributed by atoms with E-state index in [-0.39, 0.29) is 18.3 Å². The van der Waals surface area contributed by atoms with Gasteiger partial charge in [-0.1, -0.05) is 12.1 Å². The van der Waals surface area contributed by atoms with Gasteiger partial charge in [-0.3, -0.25) is 4.79 Å². The van der Waals surface area contributed by atoms with Gasteiger partial charge in [-0.15, -0.1) is 0 Å². The van der Waals surface area contributed by atoms with Crippen LogP contribution in [-0.2, 0) is 4.74 Å². The summed E-state index contributed by atoms with van der Waals surface area (Å²) in [6.45, 7) is 2.73. The number of methoxy groups -OCH3 is 1. The zero-order valence-corrected chi connectivity index (χ0v) is 13.2. The quantitative estimate of drug-likeness (QED) is 0.852. The lowest BCUT2D eigenvalue weighted by molar-refractivity contribution is 0.0827. The summed E-state index contributed by atoms with van der Waals surface area (Å²) in [6, 6.07) is 13.0. The van der Waals surface area contributed by atoms with Gasteiger partial charge in [-0.05, 0) is 48.9 Å². The van der Waals surface area contributed by atoms with E-state index in [0.717, 1.165) is 5.75 Å². The molecule has 0 aliphatic carbocycles. The number of hydrogen-bond donors (Lipinski definition) is 1. The van der Waals surface area contributed by atoms with E-state index in [9.17, 15) is 9.18 Å². The number of nitrogens with one attached hydrogen (secondary N) is 1. The van der Waals surface area contributed by atoms with Crippen LogP contribution in [0.15, 0.2) is 48.5 Å². The highest BCUT2D eigenvalue weighted by molar-refractivity contribution is 5.94. The predicted molar refractivity (Wildman–Crippen MR) is 86.1 cm³/mol. The van der Waals surface area contributed by atoms with E-state index in [2.05, 4.69) is 5.32 Å². The number of halogens is 1. The van der Waals surface area contributed by atoms with Gasteiger partial charge in [0.25, 0.3) is 5.91 Å². The first-order chi connectivity index (χ1) is 11.1. The fourth-order valence-electron chi connectivity index (χ4n) is 2.20. The minimum Gasteiger partial charge on any atom is -0.494 e. The van der Waals surface area contributed by atoms with Crippen molar-refractivity contribution in [3.05, 3.63) is 65.5 Å². The molecule has 2 aromatic carbocycles. The van der Waals surface area contributed by atoms with E-state index in [0.29, 0.717) is 17.7 Å². The predicted octanol–water partition coefficient (Wildman–Crippen LogP) is 3.34. The Hall–Kier alpha value is -2.40. The number of benzene rings is 2. The topological polar surface area (TPSA) is 47.6 Å². The average molecular weight is 317 g/mol. The first kappa shape index (κ1) is 17.0. The standard InChI is InChI=1S/C18H20FNO3/c1-3-23-16-9-7-13(8-10-16)18(21)20-12-17(22-2)14-5-4-6-15(19)11-14/h4-11,17H,3,12H2,1-2H3,(H,20,21). The maximum atomic E-state index is 13.3. The third-order valence-corrected chi connectivity index (χ3v) is 3.38. The Labute approximate surface area is 135 Å². The number of ether oxygens (including phenoxy) is 2. The van der Waals surface area contributed by atoms with Crippen molar-refractivity contribution in [3.63, 3.8) is 0 Å². The zero-order chi connectivity index (χ0) is 16.7. The molecule has 122 valence electrons. The summed E-state index contributed by atoms with van der Waals surface area (Å²) in [4.78, 5) is 12.2. The lowest BCUT2D eigenvalue weighted by Gasteiger charge is -2.16. The van der Waals surface area contributed by atoms with Crippen molar-refractivity contribution in [2.45, 2.75) is 13.0 Å². The van der Waals surface area contributed by atoms with Crippen molar-refractivity contribution >= 4 is 5.91 Å². The van der Waals surface area contributed by atoms with E-state index in [1.165, 1.54) is 19.2 Å². The van der Waals surface area contributed by atoms with E-state index in [4.69, 9.17) is 9.47 Å². The van der Waals surface area contributed by atoms with Crippen molar-refractivity contribution < 1.29 is 18.7 Å². The fourth-order valence-corrected chi connectivity index (χ4v) is 2.20. The Balaban J connectivity index is 1.96. The Kier molecular flexibility index (Phi) is 6.11. The number of hydrogen-bond acceptors (Lipinski definition) is 3. The van der Waals surface area contributed by atoms with Crippen molar-refractivity contribution in [3.8, 4) is 5.75 Å². The second kappa shape index (κ2) is 8.29. The highest BCUT2D eigenvalue weighted by Gasteiger charge is 2.13. The van der Waals surface area contributed by atoms with E-state index < -0.39 is 6.10 Å². The van der Waals surface area contributed by atoms with Gasteiger partial charge in [0.2, 0.25) is 0 Å². The van der Waals surface area contributed by atoms with Crippen LogP contribution >= 0.6 is 0 Å². The zero-order valence-electron chi connectivity index (χ0n) is 13.2. The molecule has 2 rings (SSSR count). The molecule has 0 heterocycles. The van der Waals surface area contributed by atoms with Crippen LogP contribution in [0, 0.1) is 5.82 Å². The minimum absolute atomic E-state index is 0.216. The van der Waals surface area contributed by atoms with Crippen LogP contribution in [0.4, 0.5) is 4.39 Å². The highest BCUT2D eigenvalue weighted by atomic mass is 19.1. The third-order valence-electron chi connectivity index (χ3n) is 3.38. The van der Waals surface area contributed by atoms with Crippen LogP contribution in [0.3, 0.4) is 0 Å². The number of rotatable bonds is 7. The molecule has 1 amide bonds. The van der Waals surface area contributed by atoms with Crippen LogP contribution < -0.4 is 10.1 Å². The Bertz CT molecular complexity index is 643. The molecule has 23 heavy (non-hydrogen) atoms. The lowest BCUT2D eigenvalue weighted by Crippen LogP contribution is -2.29. The molecule has 2 aromatic rings. The Morgan fingerprint density at radius 1 is 1.22 bits per heavy atom. The maximum absolute atomic E-state index is 13.3. The van der Waals surface area contributed by atoms with Crippen LogP contribution in [0.5, 0.6) is 5.75 Å². The molecule has 1 atom stereocenters. The molecular formula is C18H20FNO3. The van der Waals surface area contributed by atoms with E-state index in [1.807, 2.05) is 6.92 Å². The van der Waals surface area contributed by atoms with Crippen molar-refractivity contribution in [2.75, 3.05) is 20.3 Å². The first-order valence-electron chi connectivity index (χ1n) is 7.43. The van der Waals surface area contributed by atoms with Gasteiger partial charge in [0, 0.05) is 19.2 Å². The summed E-state index contributed by atoms with van der Waals surface area (Å²) in [7, 11) is 1.53. The lowest BCUT2D eigenvalue weighted by atomic mass is 10.1. The van der Waals surface area contributed by atoms with Gasteiger partial charge in [-0.25, -0.2) is 4.39 Å². The molecule has 0 saturated heterocycles. The van der Waals surface area contributed by atoms with Crippen molar-refractivity contribution in [2.24, 2.45) is 0 Å². The Morgan fingerprint density at radius 3 is 2.57 bits per heavy atom. The van der Waals surface area contributed by atoms with Crippen LogP contribution in [0.25, 0.3) is 0 Å². The minimum atomic E-state index is -0.405. The van der Waals surface area contributed by atoms with Crippen LogP contribution in [0.2, 0.25) is 0 Å². The second-order valence-corrected chi connectivity index (χ2v) is 4.95. The fraction of sp³-hybridized carbons (Fsp3) is 0.278. The molecule has 1 N–H and O–H groups in total. The van der Waals surface area contributed by atoms with Crippen LogP contribution in [0.1, 0.15) is 28.9 Å². The van der Waals surface area contributed by atoms with Gasteiger partial charge < -0.3 is 14.8 Å². The molecule has 1 unspecified atom stereocenters. The molecule has 0 fully saturated rings. The Morgan fingerprint density at radius 2 is 1.96 bits per heavy atom. The smallest absolute Gasteiger partial charge is 0.251 e. The normalized spacial score (nSPS) is 11.8. The molecule has 0 aromatic heterocycles. The molecule has 0 aliphatic rings. The number of carbonyl (C=O) groups is 1. The first-order valence-corrected chi connectivity index (χ1v) is 7.43. The maximum Gasteiger partial charge on any atom is 0.251 e. The third kappa shape index (κ3) is 4.79. The monoisotopic (exact) mass is 317 g/mol. The molecule has 0 bridgehead atoms. The van der Waals surface area contributed by atoms with E-state index in [1.54, 1.807) is 36.4 Å². The van der Waals surface area contributed by atoms with Gasteiger partial charge in [0.15, 0.2) is 0 Å². The SMILES string of the molecule is CCOc1ccc(C(=O)NCC(OC)c2cccc(F)c2)cc1. The van der Waals surface area contributed by atoms with Gasteiger partial charge in [-0.2, -0.15) is 0 Å². The molecular weight excluding hydrogens is 297 g/mol. The molecule has 5 heteroatoms. The molecule has 0 spiro atoms. The highest BCUT2D eigenvalue weighted by Crippen LogP contribution is 2.17. The van der Waals surface area contributed by atoms with Crippen molar-refractivity contribution in [1.82, 2.24) is 5.32 Å². The van der Waals surface area contributed by atoms with Crippen molar-refractivity contribution in [1.29, 1.82) is 0 Å². The summed E-state index contributed by atoms with van der Waals surface area (Å²) in [5, 5.41) is 2.79. The van der Waals surface area contributed by atoms with Gasteiger partial charge in [0.1, 0.15) is 11.6 Å². The molecule has 0 radical (unpaired) electrons. The summed E-state index contributed by atoms with van der Waals surface area (Å²) in [5.74, 6) is 0.174. The molecule has 4 nitrogen and oxygen atoms in total. The summed E-state index contributed by atoms with van der Waals surface area (Å²) in [5.41, 5.74) is 1.21. The average Bonchev–Trinajstić information content (AvgIpc) is 2.56. The van der Waals surface area contributed by atoms with Gasteiger partial charge in [0.05, 0.1) is 12.7 Å². The molecule has 0 saturated carbocycles. The number of carbonyl (C=O) groups excluding carboxylic acids is 1. The summed E-state index contributed by atoms with van der Waals surface area (Å²) >= 11 is 0. The molecule has 0 aliphatic heterocycles. The number of amides is 1. The van der Waals surface area contributed by atoms with Gasteiger partial charge >= 0.3 is 0 Å². The summed E-state index contributed by atoms with van der Waals surface area (Å²) in [6.07, 6.45) is -0.405. The largest absolute Gasteiger partial charge is 0.494 e. The summed E-state index contributed by atoms with van der Waals surface area (Å²) < 4.78 is 23.9. The second-order valence-electron chi connectivity index (χ2n) is 4.95. The van der Waals surface area contributed by atoms with Crippen LogP contribution in [-0.4, -0.2) is 26.2 Å². The van der Waals surface area contributed by atoms with E-state index >= 15 is 0 Å².